The zero-order valence-electron chi connectivity index (χ0n) is 10.8. The molecule has 1 amide bonds. The lowest BCUT2D eigenvalue weighted by atomic mass is 10.2. The van der Waals surface area contributed by atoms with Crippen LogP contribution in [0.5, 0.6) is 0 Å². The summed E-state index contributed by atoms with van der Waals surface area (Å²) in [6, 6.07) is 0.188. The molecule has 0 saturated carbocycles. The van der Waals surface area contributed by atoms with Crippen molar-refractivity contribution in [1.29, 1.82) is 0 Å². The third-order valence-electron chi connectivity index (χ3n) is 2.51. The van der Waals surface area contributed by atoms with E-state index in [2.05, 4.69) is 4.98 Å². The van der Waals surface area contributed by atoms with Gasteiger partial charge in [-0.25, -0.2) is 4.98 Å². The van der Waals surface area contributed by atoms with Crippen molar-refractivity contribution in [2.45, 2.75) is 40.2 Å². The molecule has 0 bridgehead atoms. The first-order valence-corrected chi connectivity index (χ1v) is 7.13. The van der Waals surface area contributed by atoms with Crippen LogP contribution in [0.2, 0.25) is 0 Å². The van der Waals surface area contributed by atoms with Crippen LogP contribution in [0.15, 0.2) is 0 Å². The lowest BCUT2D eigenvalue weighted by Gasteiger charge is -2.26. The summed E-state index contributed by atoms with van der Waals surface area (Å²) in [7, 11) is 0. The molecule has 0 aliphatic heterocycles. The third kappa shape index (κ3) is 3.68. The summed E-state index contributed by atoms with van der Waals surface area (Å²) < 4.78 is 0. The maximum absolute atomic E-state index is 12.4. The van der Waals surface area contributed by atoms with Crippen LogP contribution in [0.25, 0.3) is 0 Å². The molecule has 0 N–H and O–H groups in total. The molecular formula is C12H19ClN2OS. The molecular weight excluding hydrogens is 256 g/mol. The van der Waals surface area contributed by atoms with Crippen molar-refractivity contribution in [3.8, 4) is 0 Å². The van der Waals surface area contributed by atoms with Gasteiger partial charge in [-0.1, -0.05) is 0 Å². The van der Waals surface area contributed by atoms with Gasteiger partial charge in [-0.05, 0) is 34.1 Å². The molecule has 17 heavy (non-hydrogen) atoms. The lowest BCUT2D eigenvalue weighted by molar-refractivity contribution is 0.0710. The summed E-state index contributed by atoms with van der Waals surface area (Å²) >= 11 is 7.16. The van der Waals surface area contributed by atoms with Gasteiger partial charge in [0.15, 0.2) is 0 Å². The van der Waals surface area contributed by atoms with Crippen LogP contribution < -0.4 is 0 Å². The summed E-state index contributed by atoms with van der Waals surface area (Å²) in [4.78, 5) is 19.3. The monoisotopic (exact) mass is 274 g/mol. The summed E-state index contributed by atoms with van der Waals surface area (Å²) in [5.74, 6) is 0.658. The number of amides is 1. The fourth-order valence-electron chi connectivity index (χ4n) is 1.68. The number of hydrogen-bond acceptors (Lipinski definition) is 3. The molecule has 0 saturated heterocycles. The van der Waals surface area contributed by atoms with Gasteiger partial charge in [0.2, 0.25) is 0 Å². The van der Waals surface area contributed by atoms with Crippen molar-refractivity contribution in [2.75, 3.05) is 12.4 Å². The summed E-state index contributed by atoms with van der Waals surface area (Å²) in [6.45, 7) is 8.56. The number of aromatic nitrogens is 1. The standard InChI is InChI=1S/C12H19ClN2OS/c1-8(2)15(7-5-6-13)12(16)11-9(3)14-10(4)17-11/h8H,5-7H2,1-4H3. The number of carbonyl (C=O) groups excluding carboxylic acids is 1. The molecule has 0 aliphatic carbocycles. The highest BCUT2D eigenvalue weighted by molar-refractivity contribution is 7.13. The van der Waals surface area contributed by atoms with Gasteiger partial charge in [-0.2, -0.15) is 0 Å². The second kappa shape index (κ2) is 6.36. The minimum Gasteiger partial charge on any atom is -0.335 e. The van der Waals surface area contributed by atoms with E-state index in [0.717, 1.165) is 22.0 Å². The van der Waals surface area contributed by atoms with E-state index in [1.165, 1.54) is 11.3 Å². The first-order valence-electron chi connectivity index (χ1n) is 5.78. The Bertz CT molecular complexity index is 390. The first kappa shape index (κ1) is 14.5. The van der Waals surface area contributed by atoms with E-state index < -0.39 is 0 Å². The van der Waals surface area contributed by atoms with Crippen molar-refractivity contribution >= 4 is 28.8 Å². The number of halogens is 1. The third-order valence-corrected chi connectivity index (χ3v) is 3.84. The van der Waals surface area contributed by atoms with Crippen molar-refractivity contribution in [2.24, 2.45) is 0 Å². The van der Waals surface area contributed by atoms with Gasteiger partial charge < -0.3 is 4.90 Å². The van der Waals surface area contributed by atoms with Crippen LogP contribution in [0, 0.1) is 13.8 Å². The summed E-state index contributed by atoms with van der Waals surface area (Å²) in [5.41, 5.74) is 0.828. The lowest BCUT2D eigenvalue weighted by Crippen LogP contribution is -2.37. The molecule has 0 atom stereocenters. The average molecular weight is 275 g/mol. The highest BCUT2D eigenvalue weighted by Gasteiger charge is 2.22. The topological polar surface area (TPSA) is 33.2 Å². The zero-order chi connectivity index (χ0) is 13.0. The smallest absolute Gasteiger partial charge is 0.266 e. The van der Waals surface area contributed by atoms with E-state index in [0.29, 0.717) is 12.4 Å². The second-order valence-corrected chi connectivity index (χ2v) is 5.86. The van der Waals surface area contributed by atoms with E-state index in [1.807, 2.05) is 32.6 Å². The summed E-state index contributed by atoms with van der Waals surface area (Å²) in [6.07, 6.45) is 0.822. The quantitative estimate of drug-likeness (QED) is 0.773. The molecule has 1 aromatic rings. The van der Waals surface area contributed by atoms with Gasteiger partial charge in [-0.15, -0.1) is 22.9 Å². The van der Waals surface area contributed by atoms with Gasteiger partial charge in [-0.3, -0.25) is 4.79 Å². The predicted octanol–water partition coefficient (Wildman–Crippen LogP) is 3.24. The molecule has 0 aliphatic rings. The minimum atomic E-state index is 0.0771. The minimum absolute atomic E-state index is 0.0771. The Labute approximate surface area is 112 Å². The van der Waals surface area contributed by atoms with E-state index in [1.54, 1.807) is 0 Å². The van der Waals surface area contributed by atoms with Gasteiger partial charge in [0, 0.05) is 18.5 Å². The highest BCUT2D eigenvalue weighted by Crippen LogP contribution is 2.20. The molecule has 0 unspecified atom stereocenters. The number of carbonyl (C=O) groups is 1. The number of alkyl halides is 1. The normalized spacial score (nSPS) is 10.9. The number of hydrogen-bond donors (Lipinski definition) is 0. The van der Waals surface area contributed by atoms with Crippen LogP contribution in [-0.4, -0.2) is 34.3 Å². The van der Waals surface area contributed by atoms with Crippen LogP contribution in [0.1, 0.15) is 40.6 Å². The SMILES string of the molecule is Cc1nc(C)c(C(=O)N(CCCCl)C(C)C)s1. The van der Waals surface area contributed by atoms with Gasteiger partial charge in [0.1, 0.15) is 4.88 Å². The molecule has 0 spiro atoms. The maximum Gasteiger partial charge on any atom is 0.266 e. The number of nitrogens with zero attached hydrogens (tertiary/aromatic N) is 2. The number of aryl methyl sites for hydroxylation is 2. The number of thiazole rings is 1. The molecule has 5 heteroatoms. The van der Waals surface area contributed by atoms with Gasteiger partial charge >= 0.3 is 0 Å². The molecule has 1 heterocycles. The first-order chi connectivity index (χ1) is 7.97. The van der Waals surface area contributed by atoms with Gasteiger partial charge in [0.25, 0.3) is 5.91 Å². The Hall–Kier alpha value is -0.610. The summed E-state index contributed by atoms with van der Waals surface area (Å²) in [5, 5.41) is 0.937. The Balaban J connectivity index is 2.87. The van der Waals surface area contributed by atoms with Crippen LogP contribution in [0.4, 0.5) is 0 Å². The average Bonchev–Trinajstić information content (AvgIpc) is 2.57. The van der Waals surface area contributed by atoms with Crippen molar-refractivity contribution in [1.82, 2.24) is 9.88 Å². The van der Waals surface area contributed by atoms with Crippen molar-refractivity contribution in [3.63, 3.8) is 0 Å². The highest BCUT2D eigenvalue weighted by atomic mass is 35.5. The molecule has 1 rings (SSSR count). The Kier molecular flexibility index (Phi) is 5.40. The fraction of sp³-hybridized carbons (Fsp3) is 0.667. The van der Waals surface area contributed by atoms with Gasteiger partial charge in [0.05, 0.1) is 10.7 Å². The largest absolute Gasteiger partial charge is 0.335 e. The number of rotatable bonds is 5. The molecule has 3 nitrogen and oxygen atoms in total. The van der Waals surface area contributed by atoms with E-state index in [-0.39, 0.29) is 11.9 Å². The molecule has 1 aromatic heterocycles. The fourth-order valence-corrected chi connectivity index (χ4v) is 2.68. The molecule has 96 valence electrons. The zero-order valence-corrected chi connectivity index (χ0v) is 12.4. The van der Waals surface area contributed by atoms with Crippen molar-refractivity contribution < 1.29 is 4.79 Å². The van der Waals surface area contributed by atoms with Crippen LogP contribution in [-0.2, 0) is 0 Å². The Morgan fingerprint density at radius 2 is 2.12 bits per heavy atom. The van der Waals surface area contributed by atoms with Crippen LogP contribution in [0.3, 0.4) is 0 Å². The maximum atomic E-state index is 12.4. The van der Waals surface area contributed by atoms with E-state index >= 15 is 0 Å². The van der Waals surface area contributed by atoms with Crippen LogP contribution >= 0.6 is 22.9 Å². The Morgan fingerprint density at radius 1 is 1.47 bits per heavy atom. The predicted molar refractivity (Wildman–Crippen MR) is 73.1 cm³/mol. The van der Waals surface area contributed by atoms with Crippen molar-refractivity contribution in [3.05, 3.63) is 15.6 Å². The van der Waals surface area contributed by atoms with E-state index in [9.17, 15) is 4.79 Å². The molecule has 0 fully saturated rings. The van der Waals surface area contributed by atoms with E-state index in [4.69, 9.17) is 11.6 Å². The Morgan fingerprint density at radius 3 is 2.53 bits per heavy atom. The second-order valence-electron chi connectivity index (χ2n) is 4.28. The molecule has 0 radical (unpaired) electrons. The molecule has 0 aromatic carbocycles.